The van der Waals surface area contributed by atoms with Crippen LogP contribution in [0, 0.1) is 11.8 Å². The minimum atomic E-state index is 0.0317. The number of hydrogen-bond donors (Lipinski definition) is 1. The molecule has 0 bridgehead atoms. The molecule has 1 N–H and O–H groups in total. The maximum atomic E-state index is 12.1. The molecule has 2 rings (SSSR count). The molecule has 0 aromatic carbocycles. The van der Waals surface area contributed by atoms with Crippen LogP contribution < -0.4 is 5.32 Å². The van der Waals surface area contributed by atoms with Crippen LogP contribution >= 0.6 is 0 Å². The van der Waals surface area contributed by atoms with Gasteiger partial charge in [-0.25, -0.2) is 4.79 Å². The average Bonchev–Trinajstić information content (AvgIpc) is 2.55. The molecule has 5 heteroatoms. The molecule has 1 heterocycles. The van der Waals surface area contributed by atoms with E-state index in [4.69, 9.17) is 4.74 Å². The van der Waals surface area contributed by atoms with E-state index in [0.717, 1.165) is 19.6 Å². The van der Waals surface area contributed by atoms with Gasteiger partial charge in [0.2, 0.25) is 0 Å². The topological polar surface area (TPSA) is 44.8 Å². The molecule has 23 heavy (non-hydrogen) atoms. The van der Waals surface area contributed by atoms with Crippen LogP contribution in [0.1, 0.15) is 45.4 Å². The van der Waals surface area contributed by atoms with E-state index in [1.165, 1.54) is 38.5 Å². The molecule has 2 amide bonds. The summed E-state index contributed by atoms with van der Waals surface area (Å²) in [6.07, 6.45) is 7.83. The van der Waals surface area contributed by atoms with Crippen LogP contribution in [0.3, 0.4) is 0 Å². The van der Waals surface area contributed by atoms with Crippen molar-refractivity contribution in [3.8, 4) is 0 Å². The molecule has 0 radical (unpaired) electrons. The second kappa shape index (κ2) is 9.48. The molecule has 5 nitrogen and oxygen atoms in total. The maximum Gasteiger partial charge on any atom is 0.317 e. The fourth-order valence-electron chi connectivity index (χ4n) is 3.75. The van der Waals surface area contributed by atoms with Gasteiger partial charge >= 0.3 is 6.03 Å². The van der Waals surface area contributed by atoms with Crippen LogP contribution in [-0.2, 0) is 4.74 Å². The number of urea groups is 1. The summed E-state index contributed by atoms with van der Waals surface area (Å²) in [5.41, 5.74) is 0. The zero-order chi connectivity index (χ0) is 16.7. The number of piperidine rings is 1. The molecule has 0 unspecified atom stereocenters. The van der Waals surface area contributed by atoms with Gasteiger partial charge in [0.25, 0.3) is 0 Å². The summed E-state index contributed by atoms with van der Waals surface area (Å²) in [7, 11) is 4.07. The van der Waals surface area contributed by atoms with Crippen LogP contribution in [0.2, 0.25) is 0 Å². The summed E-state index contributed by atoms with van der Waals surface area (Å²) in [6.45, 7) is 6.67. The predicted molar refractivity (Wildman–Crippen MR) is 93.6 cm³/mol. The Labute approximate surface area is 141 Å². The van der Waals surface area contributed by atoms with Crippen molar-refractivity contribution >= 4 is 6.03 Å². The quantitative estimate of drug-likeness (QED) is 0.764. The zero-order valence-electron chi connectivity index (χ0n) is 15.2. The van der Waals surface area contributed by atoms with Crippen LogP contribution in [0.15, 0.2) is 0 Å². The molecule has 1 aliphatic carbocycles. The molecule has 2 fully saturated rings. The molecule has 0 spiro atoms. The Morgan fingerprint density at radius 2 is 1.91 bits per heavy atom. The number of hydrogen-bond acceptors (Lipinski definition) is 3. The average molecular weight is 325 g/mol. The van der Waals surface area contributed by atoms with Gasteiger partial charge in [0, 0.05) is 20.1 Å². The number of carbonyl (C=O) groups excluding carboxylic acids is 1. The normalized spacial score (nSPS) is 26.9. The van der Waals surface area contributed by atoms with Gasteiger partial charge in [-0.05, 0) is 57.7 Å². The third kappa shape index (κ3) is 6.30. The fraction of sp³-hybridized carbons (Fsp3) is 0.944. The fourth-order valence-corrected chi connectivity index (χ4v) is 3.75. The van der Waals surface area contributed by atoms with E-state index in [0.29, 0.717) is 31.1 Å². The number of nitrogens with one attached hydrogen (secondary N) is 1. The van der Waals surface area contributed by atoms with E-state index in [1.807, 2.05) is 11.9 Å². The van der Waals surface area contributed by atoms with Gasteiger partial charge in [-0.2, -0.15) is 0 Å². The Hall–Kier alpha value is -0.810. The molecule has 134 valence electrons. The second-order valence-corrected chi connectivity index (χ2v) is 7.53. The van der Waals surface area contributed by atoms with Crippen molar-refractivity contribution in [1.29, 1.82) is 0 Å². The van der Waals surface area contributed by atoms with Gasteiger partial charge in [-0.15, -0.1) is 0 Å². The summed E-state index contributed by atoms with van der Waals surface area (Å²) in [5, 5.41) is 2.99. The number of ether oxygens (including phenoxy) is 1. The smallest absolute Gasteiger partial charge is 0.317 e. The van der Waals surface area contributed by atoms with Crippen molar-refractivity contribution in [2.45, 2.75) is 51.6 Å². The van der Waals surface area contributed by atoms with Gasteiger partial charge in [0.1, 0.15) is 0 Å². The molecule has 2 aliphatic rings. The lowest BCUT2D eigenvalue weighted by Gasteiger charge is -2.31. The monoisotopic (exact) mass is 325 g/mol. The minimum Gasteiger partial charge on any atom is -0.376 e. The molecule has 0 aromatic rings. The molecule has 1 saturated carbocycles. The highest BCUT2D eigenvalue weighted by atomic mass is 16.5. The van der Waals surface area contributed by atoms with Gasteiger partial charge in [0.15, 0.2) is 0 Å². The molecule has 2 atom stereocenters. The highest BCUT2D eigenvalue weighted by Crippen LogP contribution is 2.26. The molecular formula is C18H35N3O2. The van der Waals surface area contributed by atoms with Gasteiger partial charge in [-0.3, -0.25) is 0 Å². The summed E-state index contributed by atoms with van der Waals surface area (Å²) in [4.78, 5) is 16.3. The summed E-state index contributed by atoms with van der Waals surface area (Å²) >= 11 is 0. The van der Waals surface area contributed by atoms with E-state index in [-0.39, 0.29) is 6.03 Å². The SMILES string of the molecule is C[C@H]1CCCC[C@@H]1OCCNC(=O)N(C)CC1CCN(C)CC1. The standard InChI is InChI=1S/C18H35N3O2/c1-15-6-4-5-7-17(15)23-13-10-19-18(22)21(3)14-16-8-11-20(2)12-9-16/h15-17H,4-14H2,1-3H3,(H,19,22)/t15-,17-/m0/s1. The molecule has 1 aliphatic heterocycles. The summed E-state index contributed by atoms with van der Waals surface area (Å²) < 4.78 is 5.95. The largest absolute Gasteiger partial charge is 0.376 e. The summed E-state index contributed by atoms with van der Waals surface area (Å²) in [5.74, 6) is 1.30. The van der Waals surface area contributed by atoms with Gasteiger partial charge in [-0.1, -0.05) is 19.8 Å². The Balaban J connectivity index is 1.56. The van der Waals surface area contributed by atoms with Crippen LogP contribution in [0.4, 0.5) is 4.79 Å². The van der Waals surface area contributed by atoms with Gasteiger partial charge in [0.05, 0.1) is 12.7 Å². The van der Waals surface area contributed by atoms with Crippen LogP contribution in [-0.4, -0.2) is 68.8 Å². The Bertz CT molecular complexity index is 356. The Morgan fingerprint density at radius 3 is 2.61 bits per heavy atom. The third-order valence-electron chi connectivity index (χ3n) is 5.46. The molecule has 1 saturated heterocycles. The van der Waals surface area contributed by atoms with Crippen LogP contribution in [0.5, 0.6) is 0 Å². The number of carbonyl (C=O) groups is 1. The van der Waals surface area contributed by atoms with Crippen molar-refractivity contribution < 1.29 is 9.53 Å². The van der Waals surface area contributed by atoms with Crippen molar-refractivity contribution in [2.75, 3.05) is 46.9 Å². The number of amides is 2. The Morgan fingerprint density at radius 1 is 1.22 bits per heavy atom. The first-order valence-electron chi connectivity index (χ1n) is 9.35. The van der Waals surface area contributed by atoms with Crippen molar-refractivity contribution in [3.05, 3.63) is 0 Å². The van der Waals surface area contributed by atoms with Gasteiger partial charge < -0.3 is 19.9 Å². The van der Waals surface area contributed by atoms with E-state index >= 15 is 0 Å². The minimum absolute atomic E-state index is 0.0317. The number of likely N-dealkylation sites (tertiary alicyclic amines) is 1. The van der Waals surface area contributed by atoms with E-state index in [1.54, 1.807) is 0 Å². The maximum absolute atomic E-state index is 12.1. The van der Waals surface area contributed by atoms with E-state index < -0.39 is 0 Å². The third-order valence-corrected chi connectivity index (χ3v) is 5.46. The lowest BCUT2D eigenvalue weighted by Crippen LogP contribution is -2.43. The lowest BCUT2D eigenvalue weighted by molar-refractivity contribution is -0.00270. The molecular weight excluding hydrogens is 290 g/mol. The summed E-state index contributed by atoms with van der Waals surface area (Å²) in [6, 6.07) is 0.0317. The van der Waals surface area contributed by atoms with Crippen molar-refractivity contribution in [1.82, 2.24) is 15.1 Å². The van der Waals surface area contributed by atoms with Crippen LogP contribution in [0.25, 0.3) is 0 Å². The van der Waals surface area contributed by atoms with Crippen molar-refractivity contribution in [3.63, 3.8) is 0 Å². The van der Waals surface area contributed by atoms with E-state index in [2.05, 4.69) is 24.2 Å². The zero-order valence-corrected chi connectivity index (χ0v) is 15.2. The first-order valence-corrected chi connectivity index (χ1v) is 9.35. The van der Waals surface area contributed by atoms with E-state index in [9.17, 15) is 4.79 Å². The lowest BCUT2D eigenvalue weighted by atomic mass is 9.88. The highest BCUT2D eigenvalue weighted by molar-refractivity contribution is 5.73. The first kappa shape index (κ1) is 18.5. The second-order valence-electron chi connectivity index (χ2n) is 7.53. The number of rotatable bonds is 6. The molecule has 0 aromatic heterocycles. The predicted octanol–water partition coefficient (Wildman–Crippen LogP) is 2.56. The first-order chi connectivity index (χ1) is 11.1. The Kier molecular flexibility index (Phi) is 7.63. The van der Waals surface area contributed by atoms with Crippen molar-refractivity contribution in [2.24, 2.45) is 11.8 Å². The highest BCUT2D eigenvalue weighted by Gasteiger charge is 2.22. The number of nitrogens with zero attached hydrogens (tertiary/aromatic N) is 2.